The summed E-state index contributed by atoms with van der Waals surface area (Å²) in [5.41, 5.74) is 6.69. The van der Waals surface area contributed by atoms with Gasteiger partial charge in [-0.2, -0.15) is 17.5 Å². The molecule has 0 spiro atoms. The average molecular weight is 458 g/mol. The van der Waals surface area contributed by atoms with Gasteiger partial charge in [0.1, 0.15) is 0 Å². The molecule has 0 radical (unpaired) electrons. The van der Waals surface area contributed by atoms with E-state index in [0.717, 1.165) is 7.11 Å². The SMILES string of the molecule is CC(C)(C)[NH-].CO.Cl.Cl.[CH2-]CO.[CH2]=[Zr].[CH3-].c1ccc2[cH-]ccc2c1. The zero-order chi connectivity index (χ0) is 17.3. The van der Waals surface area contributed by atoms with Gasteiger partial charge in [-0.3, -0.25) is 0 Å². The van der Waals surface area contributed by atoms with E-state index in [2.05, 4.69) is 53.6 Å². The van der Waals surface area contributed by atoms with Gasteiger partial charge in [0.25, 0.3) is 0 Å². The van der Waals surface area contributed by atoms with Gasteiger partial charge >= 0.3 is 28.4 Å². The van der Waals surface area contributed by atoms with E-state index >= 15 is 0 Å². The summed E-state index contributed by atoms with van der Waals surface area (Å²) >= 11 is 1.30. The van der Waals surface area contributed by atoms with E-state index in [9.17, 15) is 0 Å². The zero-order valence-electron chi connectivity index (χ0n) is 15.4. The van der Waals surface area contributed by atoms with Crippen LogP contribution in [0.25, 0.3) is 16.5 Å². The van der Waals surface area contributed by atoms with E-state index in [4.69, 9.17) is 15.9 Å². The molecule has 6 heteroatoms. The molecule has 2 rings (SSSR count). The standard InChI is InChI=1S/C9H7.C4H10N.C2H5O.CH4O.CH3.CH2.2ClH.Zr/c1-2-5-9-7-3-6-8(9)4-1;1-4(2,3)5;1-2-3;1-2;;;;;/h1-7H;5H,1-3H3;3H,1-2H2;2H,1H3;1H3;1H2;2*1H;/q3*-1;;-1;;;;. The van der Waals surface area contributed by atoms with Gasteiger partial charge in [0.2, 0.25) is 0 Å². The van der Waals surface area contributed by atoms with Crippen LogP contribution in [-0.2, 0) is 24.2 Å². The molecule has 0 saturated carbocycles. The molecule has 0 bridgehead atoms. The van der Waals surface area contributed by atoms with Crippen LogP contribution in [0.15, 0.2) is 42.5 Å². The molecule has 0 heterocycles. The van der Waals surface area contributed by atoms with Crippen LogP contribution in [0.1, 0.15) is 20.8 Å². The van der Waals surface area contributed by atoms with Crippen LogP contribution in [0.3, 0.4) is 0 Å². The third-order valence-electron chi connectivity index (χ3n) is 1.55. The molecular formula is C18H33Cl2NO2Zr-4. The number of fused-ring (bicyclic) bond motifs is 1. The number of halogens is 2. The first-order chi connectivity index (χ1) is 9.88. The van der Waals surface area contributed by atoms with Gasteiger partial charge in [0.05, 0.1) is 0 Å². The maximum Gasteiger partial charge on any atom is -0.0809 e. The van der Waals surface area contributed by atoms with Gasteiger partial charge in [-0.25, -0.2) is 0 Å². The van der Waals surface area contributed by atoms with Gasteiger partial charge < -0.3 is 30.3 Å². The van der Waals surface area contributed by atoms with Crippen molar-refractivity contribution in [2.45, 2.75) is 26.3 Å². The largest absolute Gasteiger partial charge is 0.358 e. The first-order valence-corrected chi connectivity index (χ1v) is 8.18. The molecule has 3 nitrogen and oxygen atoms in total. The van der Waals surface area contributed by atoms with Crippen LogP contribution >= 0.6 is 24.8 Å². The minimum absolute atomic E-state index is 0. The second-order valence-electron chi connectivity index (χ2n) is 4.63. The van der Waals surface area contributed by atoms with Crippen LogP contribution in [0.4, 0.5) is 0 Å². The number of aliphatic hydroxyl groups excluding tert-OH is 2. The second-order valence-corrected chi connectivity index (χ2v) is 4.63. The molecule has 0 aliphatic rings. The van der Waals surface area contributed by atoms with Crippen molar-refractivity contribution in [3.8, 4) is 0 Å². The summed E-state index contributed by atoms with van der Waals surface area (Å²) in [7, 11) is 1.00. The summed E-state index contributed by atoms with van der Waals surface area (Å²) in [6.07, 6.45) is 0. The molecule has 2 aromatic carbocycles. The van der Waals surface area contributed by atoms with E-state index in [-0.39, 0.29) is 44.4 Å². The van der Waals surface area contributed by atoms with E-state index in [1.54, 1.807) is 0 Å². The van der Waals surface area contributed by atoms with Crippen molar-refractivity contribution in [2.24, 2.45) is 0 Å². The molecule has 0 unspecified atom stereocenters. The molecule has 0 aromatic heterocycles. The molecule has 0 amide bonds. The predicted molar refractivity (Wildman–Crippen MR) is 112 cm³/mol. The minimum Gasteiger partial charge on any atom is -0.358 e. The van der Waals surface area contributed by atoms with Crippen LogP contribution < -0.4 is 0 Å². The Morgan fingerprint density at radius 2 is 1.46 bits per heavy atom. The van der Waals surface area contributed by atoms with E-state index in [1.165, 1.54) is 35.0 Å². The van der Waals surface area contributed by atoms with Crippen molar-refractivity contribution in [1.82, 2.24) is 0 Å². The average Bonchev–Trinajstić information content (AvgIpc) is 2.91. The van der Waals surface area contributed by atoms with Crippen LogP contribution in [0.5, 0.6) is 0 Å². The predicted octanol–water partition coefficient (Wildman–Crippen LogP) is 5.08. The van der Waals surface area contributed by atoms with Crippen LogP contribution in [0, 0.1) is 14.4 Å². The molecule has 3 N–H and O–H groups in total. The van der Waals surface area contributed by atoms with Gasteiger partial charge in [-0.05, 0) is 0 Å². The van der Waals surface area contributed by atoms with Crippen molar-refractivity contribution >= 4 is 39.8 Å². The van der Waals surface area contributed by atoms with E-state index < -0.39 is 0 Å². The molecular weight excluding hydrogens is 424 g/mol. The van der Waals surface area contributed by atoms with Crippen LogP contribution in [-0.4, -0.2) is 33.7 Å². The summed E-state index contributed by atoms with van der Waals surface area (Å²) in [6.45, 7) is 8.60. The smallest absolute Gasteiger partial charge is 0.0809 e. The third-order valence-corrected chi connectivity index (χ3v) is 1.55. The number of nitrogens with one attached hydrogen (secondary N) is 1. The Balaban J connectivity index is -0.0000000479. The third kappa shape index (κ3) is 33.6. The Morgan fingerprint density at radius 1 is 1.12 bits per heavy atom. The number of benzene rings is 1. The molecule has 0 fully saturated rings. The van der Waals surface area contributed by atoms with Crippen molar-refractivity contribution in [2.75, 3.05) is 13.7 Å². The Kier molecular flexibility index (Phi) is 45.5. The Labute approximate surface area is 176 Å². The topological polar surface area (TPSA) is 64.3 Å². The quantitative estimate of drug-likeness (QED) is 0.542. The normalized spacial score (nSPS) is 7.46. The fourth-order valence-electron chi connectivity index (χ4n) is 1.07. The van der Waals surface area contributed by atoms with Crippen molar-refractivity contribution in [3.63, 3.8) is 0 Å². The number of hydrogen-bond donors (Lipinski definition) is 2. The summed E-state index contributed by atoms with van der Waals surface area (Å²) in [5, 5.41) is 17.1. The van der Waals surface area contributed by atoms with Gasteiger partial charge in [0, 0.05) is 7.11 Å². The summed E-state index contributed by atoms with van der Waals surface area (Å²) in [4.78, 5) is 0. The monoisotopic (exact) mass is 455 g/mol. The maximum atomic E-state index is 7.46. The Bertz CT molecular complexity index is 396. The van der Waals surface area contributed by atoms with Gasteiger partial charge in [-0.1, -0.05) is 33.4 Å². The van der Waals surface area contributed by atoms with Crippen molar-refractivity contribution in [1.29, 1.82) is 0 Å². The molecule has 144 valence electrons. The van der Waals surface area contributed by atoms with Crippen molar-refractivity contribution in [3.05, 3.63) is 62.5 Å². The van der Waals surface area contributed by atoms with Crippen LogP contribution in [0.2, 0.25) is 0 Å². The summed E-state index contributed by atoms with van der Waals surface area (Å²) in [5.74, 6) is 0. The van der Waals surface area contributed by atoms with Gasteiger partial charge in [0.15, 0.2) is 0 Å². The first kappa shape index (κ1) is 39.2. The number of aliphatic hydroxyl groups is 2. The van der Waals surface area contributed by atoms with Crippen molar-refractivity contribution < 1.29 is 34.4 Å². The maximum absolute atomic E-state index is 7.46. The summed E-state index contributed by atoms with van der Waals surface area (Å²) in [6, 6.07) is 14.7. The fraction of sp³-hybridized carbons (Fsp3) is 0.333. The molecule has 0 aliphatic carbocycles. The molecule has 0 aliphatic heterocycles. The summed E-state index contributed by atoms with van der Waals surface area (Å²) < 4.78 is 3.34. The molecule has 0 atom stereocenters. The molecule has 0 saturated heterocycles. The Morgan fingerprint density at radius 3 is 1.79 bits per heavy atom. The Hall–Kier alpha value is 0.0431. The number of rotatable bonds is 0. The minimum atomic E-state index is -0.250. The van der Waals surface area contributed by atoms with Gasteiger partial charge in [-0.15, -0.1) is 60.0 Å². The fourth-order valence-corrected chi connectivity index (χ4v) is 1.07. The second kappa shape index (κ2) is 27.9. The zero-order valence-corrected chi connectivity index (χ0v) is 19.5. The number of hydrogen-bond acceptors (Lipinski definition) is 2. The van der Waals surface area contributed by atoms with E-state index in [1.807, 2.05) is 20.8 Å². The molecule has 2 aromatic rings. The first-order valence-electron chi connectivity index (χ1n) is 6.44. The molecule has 24 heavy (non-hydrogen) atoms. The van der Waals surface area contributed by atoms with E-state index in [0.29, 0.717) is 0 Å².